The number of aryl methyl sites for hydroxylation is 1. The molecule has 0 bridgehead atoms. The molecule has 0 spiro atoms. The van der Waals surface area contributed by atoms with Crippen LogP contribution < -0.4 is 4.90 Å². The predicted octanol–water partition coefficient (Wildman–Crippen LogP) is 4.01. The summed E-state index contributed by atoms with van der Waals surface area (Å²) < 4.78 is 67.2. The molecule has 2 unspecified atom stereocenters. The third-order valence-corrected chi connectivity index (χ3v) is 6.68. The Bertz CT molecular complexity index is 1010. The largest absolute Gasteiger partial charge is 0.481 e. The van der Waals surface area contributed by atoms with Gasteiger partial charge >= 0.3 is 12.1 Å². The number of halogens is 4. The molecule has 2 aromatic carbocycles. The monoisotopic (exact) mass is 458 g/mol. The number of rotatable bonds is 5. The van der Waals surface area contributed by atoms with E-state index in [0.29, 0.717) is 35.8 Å². The smallest absolute Gasteiger partial charge is 0.419 e. The molecule has 1 fully saturated rings. The Hall–Kier alpha value is -2.46. The highest BCUT2D eigenvalue weighted by Crippen LogP contribution is 2.33. The van der Waals surface area contributed by atoms with Crippen molar-refractivity contribution in [2.24, 2.45) is 0 Å². The van der Waals surface area contributed by atoms with Crippen molar-refractivity contribution in [3.8, 4) is 0 Å². The Morgan fingerprint density at radius 2 is 1.90 bits per heavy atom. The maximum absolute atomic E-state index is 13.9. The second-order valence-corrected chi connectivity index (χ2v) is 9.01. The standard InChI is InChI=1S/C21H22F4N2O3S/c1-13-7-15(10-20(28)29)9-17(8-13)31(30)27-6-5-26(12-14(27)2)16-3-4-18(19(22)11-16)21(23,24)25/h3-4,7-9,11,14H,5-6,10,12H2,1-2H3,(H,28,29). The van der Waals surface area contributed by atoms with Crippen LogP contribution >= 0.6 is 0 Å². The van der Waals surface area contributed by atoms with Crippen LogP contribution in [0.1, 0.15) is 23.6 Å². The Labute approximate surface area is 179 Å². The third-order valence-electron chi connectivity index (χ3n) is 5.07. The van der Waals surface area contributed by atoms with Gasteiger partial charge in [0.2, 0.25) is 0 Å². The van der Waals surface area contributed by atoms with Gasteiger partial charge in [0.1, 0.15) is 16.8 Å². The van der Waals surface area contributed by atoms with E-state index in [-0.39, 0.29) is 12.5 Å². The molecular weight excluding hydrogens is 436 g/mol. The van der Waals surface area contributed by atoms with Gasteiger partial charge in [-0.2, -0.15) is 13.2 Å². The number of carbonyl (C=O) groups is 1. The summed E-state index contributed by atoms with van der Waals surface area (Å²) >= 11 is 0. The average molecular weight is 458 g/mol. The first kappa shape index (κ1) is 23.2. The van der Waals surface area contributed by atoms with Crippen molar-refractivity contribution >= 4 is 22.6 Å². The van der Waals surface area contributed by atoms with Gasteiger partial charge in [0.15, 0.2) is 0 Å². The van der Waals surface area contributed by atoms with E-state index in [2.05, 4.69) is 0 Å². The lowest BCUT2D eigenvalue weighted by Crippen LogP contribution is -2.52. The maximum Gasteiger partial charge on any atom is 0.419 e. The Kier molecular flexibility index (Phi) is 6.70. The fourth-order valence-electron chi connectivity index (χ4n) is 3.69. The van der Waals surface area contributed by atoms with E-state index in [1.165, 1.54) is 6.07 Å². The summed E-state index contributed by atoms with van der Waals surface area (Å²) in [6.45, 7) is 4.68. The molecular formula is C21H22F4N2O3S. The molecule has 1 saturated heterocycles. The van der Waals surface area contributed by atoms with Crippen molar-refractivity contribution in [3.05, 3.63) is 58.9 Å². The highest BCUT2D eigenvalue weighted by molar-refractivity contribution is 7.82. The van der Waals surface area contributed by atoms with E-state index < -0.39 is 34.5 Å². The Morgan fingerprint density at radius 3 is 2.48 bits per heavy atom. The van der Waals surface area contributed by atoms with Crippen LogP contribution in [-0.4, -0.2) is 45.3 Å². The first-order valence-corrected chi connectivity index (χ1v) is 10.7. The number of carboxylic acids is 1. The second kappa shape index (κ2) is 8.96. The summed E-state index contributed by atoms with van der Waals surface area (Å²) in [6, 6.07) is 7.70. The summed E-state index contributed by atoms with van der Waals surface area (Å²) in [5, 5.41) is 9.02. The number of benzene rings is 2. The number of hydrogen-bond acceptors (Lipinski definition) is 3. The van der Waals surface area contributed by atoms with Gasteiger partial charge in [0.25, 0.3) is 0 Å². The first-order valence-electron chi connectivity index (χ1n) is 9.58. The van der Waals surface area contributed by atoms with Crippen molar-refractivity contribution in [2.45, 2.75) is 37.4 Å². The topological polar surface area (TPSA) is 60.9 Å². The molecule has 0 radical (unpaired) electrons. The molecule has 0 saturated carbocycles. The van der Waals surface area contributed by atoms with E-state index in [1.807, 2.05) is 6.92 Å². The highest BCUT2D eigenvalue weighted by Gasteiger charge is 2.35. The Balaban J connectivity index is 1.75. The molecule has 2 atom stereocenters. The van der Waals surface area contributed by atoms with E-state index in [0.717, 1.165) is 17.7 Å². The van der Waals surface area contributed by atoms with Gasteiger partial charge in [0, 0.05) is 31.4 Å². The van der Waals surface area contributed by atoms with Gasteiger partial charge in [-0.05, 0) is 55.3 Å². The van der Waals surface area contributed by atoms with E-state index in [1.54, 1.807) is 34.3 Å². The summed E-state index contributed by atoms with van der Waals surface area (Å²) in [7, 11) is -1.54. The second-order valence-electron chi connectivity index (χ2n) is 7.57. The summed E-state index contributed by atoms with van der Waals surface area (Å²) in [4.78, 5) is 13.3. The van der Waals surface area contributed by atoms with Crippen LogP contribution in [0.15, 0.2) is 41.3 Å². The van der Waals surface area contributed by atoms with Gasteiger partial charge in [-0.15, -0.1) is 0 Å². The SMILES string of the molecule is Cc1cc(CC(=O)O)cc(S(=O)N2CCN(c3ccc(C(F)(F)F)c(F)c3)CC2C)c1. The minimum Gasteiger partial charge on any atom is -0.481 e. The molecule has 1 aliphatic heterocycles. The van der Waals surface area contributed by atoms with E-state index >= 15 is 0 Å². The fraction of sp³-hybridized carbons (Fsp3) is 0.381. The molecule has 31 heavy (non-hydrogen) atoms. The molecule has 1 heterocycles. The number of alkyl halides is 3. The third kappa shape index (κ3) is 5.43. The van der Waals surface area contributed by atoms with Crippen molar-refractivity contribution in [3.63, 3.8) is 0 Å². The number of carboxylic acid groups (broad SMARTS) is 1. The van der Waals surface area contributed by atoms with Gasteiger partial charge in [-0.25, -0.2) is 12.9 Å². The van der Waals surface area contributed by atoms with Crippen LogP contribution in [0, 0.1) is 12.7 Å². The van der Waals surface area contributed by atoms with Crippen molar-refractivity contribution in [2.75, 3.05) is 24.5 Å². The van der Waals surface area contributed by atoms with E-state index in [9.17, 15) is 26.6 Å². The molecule has 3 rings (SSSR count). The lowest BCUT2D eigenvalue weighted by Gasteiger charge is -2.40. The van der Waals surface area contributed by atoms with E-state index in [4.69, 9.17) is 5.11 Å². The molecule has 0 amide bonds. The molecule has 5 nitrogen and oxygen atoms in total. The zero-order valence-corrected chi connectivity index (χ0v) is 17.8. The van der Waals surface area contributed by atoms with Crippen LogP contribution in [0.2, 0.25) is 0 Å². The van der Waals surface area contributed by atoms with Crippen LogP contribution in [-0.2, 0) is 28.4 Å². The molecule has 1 aliphatic rings. The van der Waals surface area contributed by atoms with Crippen LogP contribution in [0.5, 0.6) is 0 Å². The average Bonchev–Trinajstić information content (AvgIpc) is 2.65. The normalized spacial score (nSPS) is 18.8. The molecule has 1 N–H and O–H groups in total. The minimum absolute atomic E-state index is 0.172. The first-order chi connectivity index (χ1) is 14.5. The maximum atomic E-state index is 13.9. The number of piperazine rings is 1. The number of hydrogen-bond donors (Lipinski definition) is 1. The van der Waals surface area contributed by atoms with Gasteiger partial charge in [0.05, 0.1) is 16.9 Å². The van der Waals surface area contributed by atoms with Gasteiger partial charge in [-0.1, -0.05) is 6.07 Å². The van der Waals surface area contributed by atoms with Crippen molar-refractivity contribution < 1.29 is 31.7 Å². The quantitative estimate of drug-likeness (QED) is 0.688. The summed E-state index contributed by atoms with van der Waals surface area (Å²) in [6.07, 6.45) is -4.92. The Morgan fingerprint density at radius 1 is 1.19 bits per heavy atom. The summed E-state index contributed by atoms with van der Waals surface area (Å²) in [5.74, 6) is -2.30. The molecule has 0 aliphatic carbocycles. The van der Waals surface area contributed by atoms with Crippen LogP contribution in [0.3, 0.4) is 0 Å². The number of aliphatic carboxylic acids is 1. The molecule has 168 valence electrons. The fourth-order valence-corrected chi connectivity index (χ4v) is 5.14. The van der Waals surface area contributed by atoms with Crippen molar-refractivity contribution in [1.29, 1.82) is 0 Å². The lowest BCUT2D eigenvalue weighted by molar-refractivity contribution is -0.140. The van der Waals surface area contributed by atoms with Crippen molar-refractivity contribution in [1.82, 2.24) is 4.31 Å². The zero-order chi connectivity index (χ0) is 22.9. The highest BCUT2D eigenvalue weighted by atomic mass is 32.2. The predicted molar refractivity (Wildman–Crippen MR) is 109 cm³/mol. The minimum atomic E-state index is -4.75. The molecule has 10 heteroatoms. The zero-order valence-electron chi connectivity index (χ0n) is 16.9. The molecule has 0 aromatic heterocycles. The lowest BCUT2D eigenvalue weighted by atomic mass is 10.1. The van der Waals surface area contributed by atoms with Crippen LogP contribution in [0.4, 0.5) is 23.2 Å². The summed E-state index contributed by atoms with van der Waals surface area (Å²) in [5.41, 5.74) is 0.388. The molecule has 2 aromatic rings. The van der Waals surface area contributed by atoms with Gasteiger partial charge < -0.3 is 10.0 Å². The van der Waals surface area contributed by atoms with Gasteiger partial charge in [-0.3, -0.25) is 4.79 Å². The number of anilines is 1. The number of nitrogens with zero attached hydrogens (tertiary/aromatic N) is 2. The van der Waals surface area contributed by atoms with Crippen LogP contribution in [0.25, 0.3) is 0 Å².